The van der Waals surface area contributed by atoms with E-state index < -0.39 is 11.6 Å². The molecule has 1 nitrogen and oxygen atoms in total. The molecule has 0 radical (unpaired) electrons. The maximum atomic E-state index is 14.4. The molecule has 0 heterocycles. The van der Waals surface area contributed by atoms with Gasteiger partial charge in [0, 0.05) is 0 Å². The Kier molecular flexibility index (Phi) is 4.53. The minimum Gasteiger partial charge on any atom is -0.207 e. The van der Waals surface area contributed by atoms with Gasteiger partial charge in [-0.1, -0.05) is 25.5 Å². The van der Waals surface area contributed by atoms with Crippen LogP contribution in [0.25, 0.3) is 0 Å². The highest BCUT2D eigenvalue weighted by Crippen LogP contribution is 2.39. The van der Waals surface area contributed by atoms with Crippen molar-refractivity contribution >= 4 is 0 Å². The molecule has 2 aromatic carbocycles. The molecule has 0 spiro atoms. The van der Waals surface area contributed by atoms with Crippen molar-refractivity contribution in [2.45, 2.75) is 57.8 Å². The van der Waals surface area contributed by atoms with Gasteiger partial charge in [0.25, 0.3) is 0 Å². The van der Waals surface area contributed by atoms with E-state index in [-0.39, 0.29) is 11.5 Å². The lowest BCUT2D eigenvalue weighted by atomic mass is 9.73. The first-order valence-electron chi connectivity index (χ1n) is 9.62. The summed E-state index contributed by atoms with van der Waals surface area (Å²) in [6.07, 6.45) is 7.35. The minimum absolute atomic E-state index is 0.0187. The summed E-state index contributed by atoms with van der Waals surface area (Å²) >= 11 is 0. The first-order valence-corrected chi connectivity index (χ1v) is 9.62. The van der Waals surface area contributed by atoms with Gasteiger partial charge in [-0.2, -0.15) is 5.26 Å². The summed E-state index contributed by atoms with van der Waals surface area (Å²) in [5.41, 5.74) is 5.97. The number of fused-ring (bicyclic) bond motifs is 3. The molecule has 0 amide bonds. The van der Waals surface area contributed by atoms with Gasteiger partial charge in [0.1, 0.15) is 17.7 Å². The molecule has 0 saturated carbocycles. The number of hydrogen-bond donors (Lipinski definition) is 0. The summed E-state index contributed by atoms with van der Waals surface area (Å²) in [4.78, 5) is 0. The van der Waals surface area contributed by atoms with Crippen LogP contribution in [-0.4, -0.2) is 0 Å². The fourth-order valence-electron chi connectivity index (χ4n) is 4.82. The Hall–Kier alpha value is -2.21. The molecular weight excluding hydrogens is 328 g/mol. The third-order valence-corrected chi connectivity index (χ3v) is 6.37. The van der Waals surface area contributed by atoms with E-state index in [4.69, 9.17) is 5.26 Å². The van der Waals surface area contributed by atoms with Crippen LogP contribution in [-0.2, 0) is 25.7 Å². The standard InChI is InChI=1S/C23H23F2N/c1-2-14-3-7-19-15(9-14)4-5-16-10-17(6-8-20(16)19)21-12-22(24)18(13-26)11-23(21)25/h4-5,11-12,14,17H,2-3,6-10H2,1H3. The van der Waals surface area contributed by atoms with Crippen molar-refractivity contribution in [1.29, 1.82) is 5.26 Å². The average molecular weight is 351 g/mol. The molecule has 2 aliphatic rings. The Morgan fingerprint density at radius 3 is 2.38 bits per heavy atom. The zero-order valence-electron chi connectivity index (χ0n) is 15.1. The summed E-state index contributed by atoms with van der Waals surface area (Å²) in [6, 6.07) is 8.44. The normalized spacial score (nSPS) is 21.6. The number of rotatable bonds is 2. The van der Waals surface area contributed by atoms with Crippen molar-refractivity contribution in [2.75, 3.05) is 0 Å². The first kappa shape index (κ1) is 17.2. The zero-order chi connectivity index (χ0) is 18.3. The second-order valence-electron chi connectivity index (χ2n) is 7.76. The van der Waals surface area contributed by atoms with Gasteiger partial charge in [-0.25, -0.2) is 8.78 Å². The second-order valence-corrected chi connectivity index (χ2v) is 7.76. The van der Waals surface area contributed by atoms with Crippen LogP contribution in [0.15, 0.2) is 24.3 Å². The molecule has 3 heteroatoms. The predicted octanol–water partition coefficient (Wildman–Crippen LogP) is 5.62. The maximum Gasteiger partial charge on any atom is 0.141 e. The number of nitriles is 1. The fourth-order valence-corrected chi connectivity index (χ4v) is 4.82. The van der Waals surface area contributed by atoms with Crippen LogP contribution in [0.1, 0.15) is 65.5 Å². The van der Waals surface area contributed by atoms with Gasteiger partial charge in [-0.15, -0.1) is 0 Å². The van der Waals surface area contributed by atoms with Crippen molar-refractivity contribution in [3.63, 3.8) is 0 Å². The van der Waals surface area contributed by atoms with E-state index in [9.17, 15) is 8.78 Å². The molecule has 26 heavy (non-hydrogen) atoms. The van der Waals surface area contributed by atoms with Gasteiger partial charge >= 0.3 is 0 Å². The Balaban J connectivity index is 1.64. The van der Waals surface area contributed by atoms with E-state index in [2.05, 4.69) is 19.1 Å². The third-order valence-electron chi connectivity index (χ3n) is 6.37. The van der Waals surface area contributed by atoms with Crippen LogP contribution in [0, 0.1) is 28.9 Å². The highest BCUT2D eigenvalue weighted by molar-refractivity contribution is 5.46. The summed E-state index contributed by atoms with van der Waals surface area (Å²) in [6.45, 7) is 2.27. The van der Waals surface area contributed by atoms with Gasteiger partial charge in [-0.3, -0.25) is 0 Å². The molecule has 0 N–H and O–H groups in total. The molecule has 2 unspecified atom stereocenters. The molecule has 134 valence electrons. The molecule has 4 rings (SSSR count). The van der Waals surface area contributed by atoms with Crippen molar-refractivity contribution in [3.8, 4) is 6.07 Å². The zero-order valence-corrected chi connectivity index (χ0v) is 15.1. The van der Waals surface area contributed by atoms with E-state index >= 15 is 0 Å². The van der Waals surface area contributed by atoms with Gasteiger partial charge in [0.15, 0.2) is 0 Å². The van der Waals surface area contributed by atoms with Gasteiger partial charge < -0.3 is 0 Å². The number of benzene rings is 2. The minimum atomic E-state index is -0.620. The quantitative estimate of drug-likeness (QED) is 0.688. The smallest absolute Gasteiger partial charge is 0.141 e. The van der Waals surface area contributed by atoms with Crippen LogP contribution >= 0.6 is 0 Å². The van der Waals surface area contributed by atoms with E-state index in [0.717, 1.165) is 37.7 Å². The fraction of sp³-hybridized carbons (Fsp3) is 0.435. The van der Waals surface area contributed by atoms with E-state index in [1.807, 2.05) is 0 Å². The first-order chi connectivity index (χ1) is 12.6. The van der Waals surface area contributed by atoms with Crippen LogP contribution < -0.4 is 0 Å². The second kappa shape index (κ2) is 6.83. The largest absolute Gasteiger partial charge is 0.207 e. The molecule has 0 bridgehead atoms. The molecule has 2 atom stereocenters. The van der Waals surface area contributed by atoms with E-state index in [1.54, 1.807) is 6.07 Å². The van der Waals surface area contributed by atoms with Crippen molar-refractivity contribution < 1.29 is 8.78 Å². The topological polar surface area (TPSA) is 23.8 Å². The Morgan fingerprint density at radius 2 is 1.69 bits per heavy atom. The summed E-state index contributed by atoms with van der Waals surface area (Å²) in [5, 5.41) is 8.87. The molecule has 0 saturated heterocycles. The van der Waals surface area contributed by atoms with Crippen molar-refractivity contribution in [2.24, 2.45) is 5.92 Å². The predicted molar refractivity (Wildman–Crippen MR) is 98.1 cm³/mol. The summed E-state index contributed by atoms with van der Waals surface area (Å²) in [7, 11) is 0. The van der Waals surface area contributed by atoms with Crippen LogP contribution in [0.2, 0.25) is 0 Å². The highest BCUT2D eigenvalue weighted by Gasteiger charge is 2.28. The van der Waals surface area contributed by atoms with Crippen molar-refractivity contribution in [1.82, 2.24) is 0 Å². The lowest BCUT2D eigenvalue weighted by molar-refractivity contribution is 0.440. The van der Waals surface area contributed by atoms with Crippen molar-refractivity contribution in [3.05, 3.63) is 69.3 Å². The molecular formula is C23H23F2N. The van der Waals surface area contributed by atoms with Gasteiger partial charge in [0.2, 0.25) is 0 Å². The van der Waals surface area contributed by atoms with E-state index in [0.29, 0.717) is 5.56 Å². The molecule has 0 aromatic heterocycles. The Labute approximate surface area is 153 Å². The molecule has 2 aliphatic carbocycles. The third kappa shape index (κ3) is 2.92. The molecule has 0 fully saturated rings. The van der Waals surface area contributed by atoms with Gasteiger partial charge in [0.05, 0.1) is 5.56 Å². The number of hydrogen-bond acceptors (Lipinski definition) is 1. The SMILES string of the molecule is CCC1CCc2c(ccc3c2CCC(c2cc(F)c(C#N)cc2F)C3)C1. The van der Waals surface area contributed by atoms with E-state index in [1.165, 1.54) is 47.6 Å². The Bertz CT molecular complexity index is 894. The summed E-state index contributed by atoms with van der Waals surface area (Å²) < 4.78 is 28.4. The maximum absolute atomic E-state index is 14.4. The number of nitrogens with zero attached hydrogens (tertiary/aromatic N) is 1. The number of halogens is 2. The highest BCUT2D eigenvalue weighted by atomic mass is 19.1. The van der Waals surface area contributed by atoms with Crippen LogP contribution in [0.3, 0.4) is 0 Å². The lowest BCUT2D eigenvalue weighted by Gasteiger charge is -2.32. The lowest BCUT2D eigenvalue weighted by Crippen LogP contribution is -2.21. The monoisotopic (exact) mass is 351 g/mol. The average Bonchev–Trinajstić information content (AvgIpc) is 2.68. The summed E-state index contributed by atoms with van der Waals surface area (Å²) in [5.74, 6) is -0.298. The van der Waals surface area contributed by atoms with Crippen LogP contribution in [0.5, 0.6) is 0 Å². The van der Waals surface area contributed by atoms with Crippen LogP contribution in [0.4, 0.5) is 8.78 Å². The molecule has 2 aromatic rings. The van der Waals surface area contributed by atoms with Gasteiger partial charge in [-0.05, 0) is 90.3 Å². The molecule has 0 aliphatic heterocycles. The Morgan fingerprint density at radius 1 is 1.00 bits per heavy atom.